The van der Waals surface area contributed by atoms with E-state index in [4.69, 9.17) is 4.74 Å². The maximum atomic E-state index is 10.9. The van der Waals surface area contributed by atoms with Gasteiger partial charge in [-0.25, -0.2) is 0 Å². The fraction of sp³-hybridized carbons (Fsp3) is 0.625. The van der Waals surface area contributed by atoms with Gasteiger partial charge in [0.2, 0.25) is 0 Å². The van der Waals surface area contributed by atoms with Gasteiger partial charge in [-0.3, -0.25) is 10.1 Å². The monoisotopic (exact) mass is 292 g/mol. The van der Waals surface area contributed by atoms with Crippen LogP contribution in [0.15, 0.2) is 18.2 Å². The zero-order chi connectivity index (χ0) is 15.2. The Bertz CT molecular complexity index is 486. The summed E-state index contributed by atoms with van der Waals surface area (Å²) in [6.07, 6.45) is 5.54. The average Bonchev–Trinajstić information content (AvgIpc) is 3.31. The number of methoxy groups -OCH3 is 1. The van der Waals surface area contributed by atoms with Crippen molar-refractivity contribution in [3.8, 4) is 5.75 Å². The number of hydrogen-bond acceptors (Lipinski definition) is 4. The Morgan fingerprint density at radius 2 is 2.24 bits per heavy atom. The van der Waals surface area contributed by atoms with Crippen LogP contribution in [0.2, 0.25) is 0 Å². The van der Waals surface area contributed by atoms with Crippen LogP contribution in [0, 0.1) is 16.0 Å². The van der Waals surface area contributed by atoms with Gasteiger partial charge < -0.3 is 10.1 Å². The zero-order valence-corrected chi connectivity index (χ0v) is 12.8. The summed E-state index contributed by atoms with van der Waals surface area (Å²) in [5.74, 6) is 1.52. The highest BCUT2D eigenvalue weighted by molar-refractivity contribution is 5.43. The summed E-state index contributed by atoms with van der Waals surface area (Å²) >= 11 is 0. The molecule has 1 N–H and O–H groups in total. The van der Waals surface area contributed by atoms with Gasteiger partial charge in [-0.15, -0.1) is 0 Å². The molecule has 0 radical (unpaired) electrons. The van der Waals surface area contributed by atoms with E-state index >= 15 is 0 Å². The summed E-state index contributed by atoms with van der Waals surface area (Å²) in [5.41, 5.74) is 1.06. The molecule has 1 saturated carbocycles. The number of non-ortho nitro benzene ring substituents is 1. The van der Waals surface area contributed by atoms with Crippen LogP contribution in [0.4, 0.5) is 5.69 Å². The third kappa shape index (κ3) is 4.43. The number of benzene rings is 1. The summed E-state index contributed by atoms with van der Waals surface area (Å²) in [6.45, 7) is 3.20. The van der Waals surface area contributed by atoms with Crippen molar-refractivity contribution < 1.29 is 9.66 Å². The van der Waals surface area contributed by atoms with E-state index < -0.39 is 0 Å². The molecule has 5 nitrogen and oxygen atoms in total. The van der Waals surface area contributed by atoms with E-state index in [0.717, 1.165) is 43.0 Å². The minimum Gasteiger partial charge on any atom is -0.496 e. The van der Waals surface area contributed by atoms with Gasteiger partial charge in [-0.1, -0.05) is 6.92 Å². The fourth-order valence-corrected chi connectivity index (χ4v) is 2.72. The van der Waals surface area contributed by atoms with Gasteiger partial charge >= 0.3 is 0 Å². The molecule has 0 amide bonds. The first-order chi connectivity index (χ1) is 10.2. The van der Waals surface area contributed by atoms with Gasteiger partial charge in [0, 0.05) is 23.7 Å². The molecule has 0 bridgehead atoms. The maximum Gasteiger partial charge on any atom is 0.269 e. The van der Waals surface area contributed by atoms with Crippen LogP contribution in [-0.4, -0.2) is 24.6 Å². The number of aryl methyl sites for hydroxylation is 1. The number of nitro groups is 1. The lowest BCUT2D eigenvalue weighted by Crippen LogP contribution is -2.32. The Morgan fingerprint density at radius 1 is 1.48 bits per heavy atom. The van der Waals surface area contributed by atoms with Crippen LogP contribution in [0.3, 0.4) is 0 Å². The molecule has 1 aromatic carbocycles. The van der Waals surface area contributed by atoms with Crippen LogP contribution >= 0.6 is 0 Å². The molecule has 0 heterocycles. The van der Waals surface area contributed by atoms with Crippen LogP contribution in [0.1, 0.15) is 38.2 Å². The lowest BCUT2D eigenvalue weighted by atomic mass is 10.0. The third-order valence-corrected chi connectivity index (χ3v) is 4.05. The summed E-state index contributed by atoms with van der Waals surface area (Å²) < 4.78 is 5.33. The van der Waals surface area contributed by atoms with Crippen molar-refractivity contribution in [1.82, 2.24) is 5.32 Å². The molecule has 0 aromatic heterocycles. The standard InChI is InChI=1S/C16H24N2O3/c1-3-10-17-15(12-4-5-12)8-6-13-11-14(18(19)20)7-9-16(13)21-2/h7,9,11-12,15,17H,3-6,8,10H2,1-2H3. The molecule has 0 aliphatic heterocycles. The van der Waals surface area contributed by atoms with Gasteiger partial charge in [-0.2, -0.15) is 0 Å². The highest BCUT2D eigenvalue weighted by Gasteiger charge is 2.30. The Labute approximate surface area is 125 Å². The SMILES string of the molecule is CCCNC(CCc1cc([N+](=O)[O-])ccc1OC)C1CC1. The number of nitrogens with one attached hydrogen (secondary N) is 1. The quantitative estimate of drug-likeness (QED) is 0.560. The van der Waals surface area contributed by atoms with E-state index in [1.807, 2.05) is 0 Å². The van der Waals surface area contributed by atoms with Crippen molar-refractivity contribution in [2.75, 3.05) is 13.7 Å². The fourth-order valence-electron chi connectivity index (χ4n) is 2.72. The van der Waals surface area contributed by atoms with E-state index in [2.05, 4.69) is 12.2 Å². The number of nitrogens with zero attached hydrogens (tertiary/aromatic N) is 1. The largest absolute Gasteiger partial charge is 0.496 e. The second-order valence-corrected chi connectivity index (χ2v) is 5.69. The van der Waals surface area contributed by atoms with Gasteiger partial charge in [0.15, 0.2) is 0 Å². The van der Waals surface area contributed by atoms with Crippen LogP contribution < -0.4 is 10.1 Å². The predicted molar refractivity (Wildman–Crippen MR) is 82.8 cm³/mol. The lowest BCUT2D eigenvalue weighted by Gasteiger charge is -2.18. The second-order valence-electron chi connectivity index (χ2n) is 5.69. The van der Waals surface area contributed by atoms with Crippen molar-refractivity contribution in [1.29, 1.82) is 0 Å². The molecule has 5 heteroatoms. The maximum absolute atomic E-state index is 10.9. The normalized spacial score (nSPS) is 15.7. The summed E-state index contributed by atoms with van der Waals surface area (Å²) in [7, 11) is 1.61. The third-order valence-electron chi connectivity index (χ3n) is 4.05. The zero-order valence-electron chi connectivity index (χ0n) is 12.8. The molecule has 1 aliphatic rings. The smallest absolute Gasteiger partial charge is 0.269 e. The molecule has 1 aliphatic carbocycles. The molecule has 1 fully saturated rings. The molecule has 21 heavy (non-hydrogen) atoms. The number of rotatable bonds is 9. The molecule has 1 unspecified atom stereocenters. The number of ether oxygens (including phenoxy) is 1. The molecular formula is C16H24N2O3. The average molecular weight is 292 g/mol. The van der Waals surface area contributed by atoms with E-state index in [-0.39, 0.29) is 10.6 Å². The van der Waals surface area contributed by atoms with Gasteiger partial charge in [0.25, 0.3) is 5.69 Å². The summed E-state index contributed by atoms with van der Waals surface area (Å²) in [6, 6.07) is 5.35. The lowest BCUT2D eigenvalue weighted by molar-refractivity contribution is -0.384. The van der Waals surface area contributed by atoms with E-state index in [1.54, 1.807) is 19.2 Å². The highest BCUT2D eigenvalue weighted by atomic mass is 16.6. The Hall–Kier alpha value is -1.62. The van der Waals surface area contributed by atoms with Crippen molar-refractivity contribution >= 4 is 5.69 Å². The molecule has 1 atom stereocenters. The summed E-state index contributed by atoms with van der Waals surface area (Å²) in [4.78, 5) is 10.6. The van der Waals surface area contributed by atoms with Crippen molar-refractivity contribution in [2.45, 2.75) is 45.1 Å². The van der Waals surface area contributed by atoms with Crippen molar-refractivity contribution in [3.63, 3.8) is 0 Å². The first kappa shape index (κ1) is 15.8. The number of nitro benzene ring substituents is 1. The molecule has 0 saturated heterocycles. The second kappa shape index (κ2) is 7.41. The first-order valence-corrected chi connectivity index (χ1v) is 7.70. The number of hydrogen-bond donors (Lipinski definition) is 1. The topological polar surface area (TPSA) is 64.4 Å². The minimum absolute atomic E-state index is 0.135. The van der Waals surface area contributed by atoms with E-state index in [9.17, 15) is 10.1 Å². The molecule has 1 aromatic rings. The molecule has 0 spiro atoms. The van der Waals surface area contributed by atoms with Gasteiger partial charge in [-0.05, 0) is 50.6 Å². The van der Waals surface area contributed by atoms with Crippen molar-refractivity contribution in [2.24, 2.45) is 5.92 Å². The first-order valence-electron chi connectivity index (χ1n) is 7.70. The minimum atomic E-state index is -0.351. The van der Waals surface area contributed by atoms with Crippen molar-refractivity contribution in [3.05, 3.63) is 33.9 Å². The Morgan fingerprint density at radius 3 is 2.81 bits per heavy atom. The van der Waals surface area contributed by atoms with E-state index in [1.165, 1.54) is 18.9 Å². The van der Waals surface area contributed by atoms with Crippen LogP contribution in [0.25, 0.3) is 0 Å². The Balaban J connectivity index is 2.02. The Kier molecular flexibility index (Phi) is 5.56. The molecular weight excluding hydrogens is 268 g/mol. The molecule has 2 rings (SSSR count). The van der Waals surface area contributed by atoms with Gasteiger partial charge in [0.05, 0.1) is 12.0 Å². The van der Waals surface area contributed by atoms with E-state index in [0.29, 0.717) is 6.04 Å². The molecule has 116 valence electrons. The van der Waals surface area contributed by atoms with Gasteiger partial charge in [0.1, 0.15) is 5.75 Å². The highest BCUT2D eigenvalue weighted by Crippen LogP contribution is 2.35. The predicted octanol–water partition coefficient (Wildman–Crippen LogP) is 3.31. The summed E-state index contributed by atoms with van der Waals surface area (Å²) in [5, 5.41) is 14.5. The van der Waals surface area contributed by atoms with Crippen LogP contribution in [0.5, 0.6) is 5.75 Å². The van der Waals surface area contributed by atoms with Crippen LogP contribution in [-0.2, 0) is 6.42 Å².